The summed E-state index contributed by atoms with van der Waals surface area (Å²) < 4.78 is 9.98. The largest absolute Gasteiger partial charge is 0.464 e. The van der Waals surface area contributed by atoms with E-state index in [2.05, 4.69) is 15.3 Å². The third-order valence-electron chi connectivity index (χ3n) is 3.09. The first-order chi connectivity index (χ1) is 11.9. The predicted octanol–water partition coefficient (Wildman–Crippen LogP) is -1.62. The summed E-state index contributed by atoms with van der Waals surface area (Å²) in [5.41, 5.74) is 16.0. The summed E-state index contributed by atoms with van der Waals surface area (Å²) in [4.78, 5) is 31.9. The number of nitrogens with one attached hydrogen (secondary N) is 1. The highest BCUT2D eigenvalue weighted by Crippen LogP contribution is 2.10. The van der Waals surface area contributed by atoms with Crippen molar-refractivity contribution in [2.75, 3.05) is 19.8 Å². The highest BCUT2D eigenvalue weighted by Gasteiger charge is 2.24. The molecule has 1 rings (SSSR count). The lowest BCUT2D eigenvalue weighted by atomic mass is 10.1. The van der Waals surface area contributed by atoms with Gasteiger partial charge in [0.25, 0.3) is 5.91 Å². The van der Waals surface area contributed by atoms with Crippen molar-refractivity contribution in [3.05, 3.63) is 17.8 Å². The summed E-state index contributed by atoms with van der Waals surface area (Å²) in [6.07, 6.45) is 1.84. The summed E-state index contributed by atoms with van der Waals surface area (Å²) in [5.74, 6) is -1.23. The fraction of sp³-hybridized carbons (Fsp3) is 0.571. The Morgan fingerprint density at radius 2 is 2.20 bits per heavy atom. The smallest absolute Gasteiger partial charge is 0.328 e. The lowest BCUT2D eigenvalue weighted by Gasteiger charge is -2.16. The Balaban J connectivity index is 2.71. The average Bonchev–Trinajstić information content (AvgIpc) is 3.06. The van der Waals surface area contributed by atoms with Gasteiger partial charge in [0, 0.05) is 6.54 Å². The van der Waals surface area contributed by atoms with E-state index in [0.29, 0.717) is 13.0 Å². The monoisotopic (exact) mass is 356 g/mol. The van der Waals surface area contributed by atoms with Crippen LogP contribution in [0, 0.1) is 0 Å². The number of hydrogen-bond donors (Lipinski definition) is 5. The van der Waals surface area contributed by atoms with Crippen LogP contribution in [0.4, 0.5) is 0 Å². The molecule has 1 heterocycles. The van der Waals surface area contributed by atoms with Crippen LogP contribution < -0.4 is 22.5 Å². The second-order valence-corrected chi connectivity index (χ2v) is 5.09. The van der Waals surface area contributed by atoms with Gasteiger partial charge in [0.15, 0.2) is 11.7 Å². The molecule has 0 fully saturated rings. The number of aliphatic hydroxyl groups excluding tert-OH is 1. The first-order valence-electron chi connectivity index (χ1n) is 7.73. The third-order valence-corrected chi connectivity index (χ3v) is 3.09. The Bertz CT molecular complexity index is 598. The van der Waals surface area contributed by atoms with E-state index in [4.69, 9.17) is 31.5 Å². The molecule has 1 aromatic rings. The van der Waals surface area contributed by atoms with Gasteiger partial charge >= 0.3 is 5.97 Å². The lowest BCUT2D eigenvalue weighted by Crippen LogP contribution is -2.42. The van der Waals surface area contributed by atoms with Crippen molar-refractivity contribution in [2.24, 2.45) is 22.2 Å². The van der Waals surface area contributed by atoms with E-state index in [1.165, 1.54) is 0 Å². The van der Waals surface area contributed by atoms with Crippen LogP contribution in [0.15, 0.2) is 15.7 Å². The highest BCUT2D eigenvalue weighted by atomic mass is 16.5. The normalized spacial score (nSPS) is 12.9. The number of nitrogens with zero attached hydrogens (tertiary/aromatic N) is 2. The summed E-state index contributed by atoms with van der Waals surface area (Å²) in [6, 6.07) is -1.71. The van der Waals surface area contributed by atoms with Gasteiger partial charge in [-0.3, -0.25) is 9.79 Å². The first-order valence-corrected chi connectivity index (χ1v) is 7.73. The zero-order chi connectivity index (χ0) is 18.8. The second kappa shape index (κ2) is 10.3. The zero-order valence-corrected chi connectivity index (χ0v) is 14.0. The molecule has 0 spiro atoms. The van der Waals surface area contributed by atoms with Gasteiger partial charge in [0.05, 0.1) is 13.2 Å². The molecule has 0 radical (unpaired) electrons. The van der Waals surface area contributed by atoms with Crippen LogP contribution in [0.5, 0.6) is 0 Å². The number of oxazole rings is 1. The maximum atomic E-state index is 12.2. The van der Waals surface area contributed by atoms with E-state index in [9.17, 15) is 9.59 Å². The molecule has 8 N–H and O–H groups in total. The molecule has 2 atom stereocenters. The van der Waals surface area contributed by atoms with Crippen LogP contribution in [-0.4, -0.2) is 53.7 Å². The molecule has 2 unspecified atom stereocenters. The Kier molecular flexibility index (Phi) is 8.36. The van der Waals surface area contributed by atoms with E-state index in [1.807, 2.05) is 0 Å². The summed E-state index contributed by atoms with van der Waals surface area (Å²) in [7, 11) is 0. The third kappa shape index (κ3) is 6.77. The number of ether oxygens (including phenoxy) is 1. The molecule has 0 aliphatic rings. The second-order valence-electron chi connectivity index (χ2n) is 5.09. The zero-order valence-electron chi connectivity index (χ0n) is 14.0. The minimum Gasteiger partial charge on any atom is -0.464 e. The molecule has 0 bridgehead atoms. The summed E-state index contributed by atoms with van der Waals surface area (Å²) >= 11 is 0. The van der Waals surface area contributed by atoms with Crippen LogP contribution in [-0.2, 0) is 9.53 Å². The molecular weight excluding hydrogens is 332 g/mol. The Morgan fingerprint density at radius 1 is 1.48 bits per heavy atom. The Hall–Kier alpha value is -2.66. The summed E-state index contributed by atoms with van der Waals surface area (Å²) in [6.45, 7) is 1.78. The van der Waals surface area contributed by atoms with Crippen molar-refractivity contribution in [1.29, 1.82) is 0 Å². The van der Waals surface area contributed by atoms with E-state index < -0.39 is 24.0 Å². The van der Waals surface area contributed by atoms with E-state index >= 15 is 0 Å². The van der Waals surface area contributed by atoms with Crippen molar-refractivity contribution in [3.8, 4) is 0 Å². The van der Waals surface area contributed by atoms with Crippen molar-refractivity contribution in [1.82, 2.24) is 10.3 Å². The number of aliphatic imine (C=N–C) groups is 1. The number of aliphatic hydroxyl groups is 1. The molecule has 0 saturated heterocycles. The molecule has 25 heavy (non-hydrogen) atoms. The van der Waals surface area contributed by atoms with Crippen LogP contribution in [0.25, 0.3) is 0 Å². The van der Waals surface area contributed by atoms with Gasteiger partial charge < -0.3 is 36.8 Å². The van der Waals surface area contributed by atoms with Crippen molar-refractivity contribution in [3.63, 3.8) is 0 Å². The number of nitrogens with two attached hydrogens (primary N) is 3. The Morgan fingerprint density at radius 3 is 2.80 bits per heavy atom. The van der Waals surface area contributed by atoms with Gasteiger partial charge in [0.1, 0.15) is 18.3 Å². The fourth-order valence-electron chi connectivity index (χ4n) is 1.87. The minimum atomic E-state index is -0.881. The number of rotatable bonds is 10. The predicted molar refractivity (Wildman–Crippen MR) is 88.3 cm³/mol. The lowest BCUT2D eigenvalue weighted by molar-refractivity contribution is -0.145. The van der Waals surface area contributed by atoms with Crippen molar-refractivity contribution >= 4 is 17.8 Å². The minimum absolute atomic E-state index is 0.0214. The summed E-state index contributed by atoms with van der Waals surface area (Å²) in [5, 5.41) is 11.5. The van der Waals surface area contributed by atoms with Gasteiger partial charge in [-0.15, -0.1) is 0 Å². The standard InChI is InChI=1S/C14H24N6O5/c1-2-24-13(23)9(4-3-5-18-14(16)17)19-11(22)10-7-25-12(20-10)8(15)6-21/h7-9,21H,2-6,15H2,1H3,(H,19,22)(H4,16,17,18). The topological polar surface area (TPSA) is 192 Å². The van der Waals surface area contributed by atoms with Gasteiger partial charge in [-0.2, -0.15) is 0 Å². The number of guanidine groups is 1. The van der Waals surface area contributed by atoms with Crippen LogP contribution in [0.3, 0.4) is 0 Å². The van der Waals surface area contributed by atoms with Crippen LogP contribution >= 0.6 is 0 Å². The van der Waals surface area contributed by atoms with E-state index in [1.54, 1.807) is 6.92 Å². The SMILES string of the molecule is CCOC(=O)C(CCCN=C(N)N)NC(=O)c1coc(C(N)CO)n1. The number of aromatic nitrogens is 1. The number of hydrogen-bond acceptors (Lipinski definition) is 8. The van der Waals surface area contributed by atoms with Gasteiger partial charge in [0.2, 0.25) is 5.89 Å². The van der Waals surface area contributed by atoms with Crippen LogP contribution in [0.2, 0.25) is 0 Å². The van der Waals surface area contributed by atoms with Crippen molar-refractivity contribution < 1.29 is 23.8 Å². The quantitative estimate of drug-likeness (QED) is 0.142. The maximum absolute atomic E-state index is 12.2. The van der Waals surface area contributed by atoms with Gasteiger partial charge in [-0.25, -0.2) is 9.78 Å². The highest BCUT2D eigenvalue weighted by molar-refractivity contribution is 5.94. The first kappa shape index (κ1) is 20.4. The van der Waals surface area contributed by atoms with E-state index in [0.717, 1.165) is 6.26 Å². The van der Waals surface area contributed by atoms with Crippen molar-refractivity contribution in [2.45, 2.75) is 31.8 Å². The van der Waals surface area contributed by atoms with E-state index in [-0.39, 0.29) is 37.2 Å². The molecular formula is C14H24N6O5. The molecule has 1 amide bonds. The molecule has 140 valence electrons. The fourth-order valence-corrected chi connectivity index (χ4v) is 1.87. The number of amides is 1. The van der Waals surface area contributed by atoms with Gasteiger partial charge in [-0.1, -0.05) is 0 Å². The van der Waals surface area contributed by atoms with Crippen LogP contribution in [0.1, 0.15) is 42.2 Å². The molecule has 11 heteroatoms. The Labute approximate surface area is 144 Å². The van der Waals surface area contributed by atoms with Gasteiger partial charge in [-0.05, 0) is 19.8 Å². The molecule has 0 aliphatic carbocycles. The number of esters is 1. The number of carbonyl (C=O) groups is 2. The molecule has 11 nitrogen and oxygen atoms in total. The average molecular weight is 356 g/mol. The molecule has 0 aromatic carbocycles. The molecule has 0 aliphatic heterocycles. The molecule has 0 saturated carbocycles. The maximum Gasteiger partial charge on any atom is 0.328 e. The number of carbonyl (C=O) groups excluding carboxylic acids is 2. The molecule has 1 aromatic heterocycles.